The van der Waals surface area contributed by atoms with Gasteiger partial charge in [-0.2, -0.15) is 0 Å². The number of carbonyl (C=O) groups is 2. The van der Waals surface area contributed by atoms with Gasteiger partial charge in [0.2, 0.25) is 0 Å². The first kappa shape index (κ1) is 14.0. The second-order valence-corrected chi connectivity index (χ2v) is 5.92. The molecule has 0 aliphatic heterocycles. The van der Waals surface area contributed by atoms with Crippen LogP contribution in [-0.2, 0) is 9.59 Å². The molecule has 0 aromatic heterocycles. The molecular formula is C19H20O2. The Hall–Kier alpha value is -1.96. The SMILES string of the molecule is O=CC(C(=O)C1CCCCC1)c1cccc2ccccc12. The van der Waals surface area contributed by atoms with Crippen LogP contribution in [0.1, 0.15) is 43.6 Å². The van der Waals surface area contributed by atoms with Crippen molar-refractivity contribution in [2.24, 2.45) is 5.92 Å². The predicted octanol–water partition coefficient (Wildman–Crippen LogP) is 4.27. The van der Waals surface area contributed by atoms with Gasteiger partial charge in [-0.05, 0) is 29.2 Å². The van der Waals surface area contributed by atoms with Crippen molar-refractivity contribution < 1.29 is 9.59 Å². The van der Waals surface area contributed by atoms with Crippen molar-refractivity contribution in [3.8, 4) is 0 Å². The summed E-state index contributed by atoms with van der Waals surface area (Å²) in [6.45, 7) is 0. The van der Waals surface area contributed by atoms with Gasteiger partial charge in [-0.3, -0.25) is 4.79 Å². The number of ketones is 1. The summed E-state index contributed by atoms with van der Waals surface area (Å²) in [5.41, 5.74) is 0.860. The van der Waals surface area contributed by atoms with E-state index in [4.69, 9.17) is 0 Å². The van der Waals surface area contributed by atoms with Crippen LogP contribution in [0.4, 0.5) is 0 Å². The number of benzene rings is 2. The number of hydrogen-bond acceptors (Lipinski definition) is 2. The molecule has 2 aromatic rings. The zero-order valence-corrected chi connectivity index (χ0v) is 12.1. The molecule has 0 N–H and O–H groups in total. The predicted molar refractivity (Wildman–Crippen MR) is 84.3 cm³/mol. The molecule has 1 unspecified atom stereocenters. The summed E-state index contributed by atoms with van der Waals surface area (Å²) < 4.78 is 0. The first-order chi connectivity index (χ1) is 10.3. The summed E-state index contributed by atoms with van der Waals surface area (Å²) in [6.07, 6.45) is 6.14. The number of hydrogen-bond donors (Lipinski definition) is 0. The minimum atomic E-state index is -0.612. The maximum atomic E-state index is 12.7. The lowest BCUT2D eigenvalue weighted by atomic mass is 9.79. The van der Waals surface area contributed by atoms with Gasteiger partial charge in [-0.15, -0.1) is 0 Å². The zero-order valence-electron chi connectivity index (χ0n) is 12.1. The third-order valence-electron chi connectivity index (χ3n) is 4.61. The molecule has 2 aromatic carbocycles. The van der Waals surface area contributed by atoms with Crippen LogP contribution in [0.5, 0.6) is 0 Å². The molecule has 1 aliphatic rings. The lowest BCUT2D eigenvalue weighted by Gasteiger charge is -2.23. The van der Waals surface area contributed by atoms with Crippen molar-refractivity contribution in [3.05, 3.63) is 48.0 Å². The van der Waals surface area contributed by atoms with Crippen molar-refractivity contribution in [2.45, 2.75) is 38.0 Å². The van der Waals surface area contributed by atoms with Crippen molar-refractivity contribution >= 4 is 22.8 Å². The van der Waals surface area contributed by atoms with Gasteiger partial charge in [0.25, 0.3) is 0 Å². The molecule has 1 saturated carbocycles. The van der Waals surface area contributed by atoms with Gasteiger partial charge in [-0.25, -0.2) is 0 Å². The first-order valence-electron chi connectivity index (χ1n) is 7.78. The standard InChI is InChI=1S/C19H20O2/c20-13-18(19(21)15-8-2-1-3-9-15)17-12-6-10-14-7-4-5-11-16(14)17/h4-7,10-13,15,18H,1-3,8-9H2. The molecule has 0 heterocycles. The van der Waals surface area contributed by atoms with Crippen LogP contribution in [0.3, 0.4) is 0 Å². The highest BCUT2D eigenvalue weighted by Crippen LogP contribution is 2.32. The van der Waals surface area contributed by atoms with E-state index in [1.54, 1.807) is 0 Å². The summed E-state index contributed by atoms with van der Waals surface area (Å²) in [5.74, 6) is -0.437. The summed E-state index contributed by atoms with van der Waals surface area (Å²) in [4.78, 5) is 24.4. The molecule has 0 bridgehead atoms. The number of fused-ring (bicyclic) bond motifs is 1. The van der Waals surface area contributed by atoms with Gasteiger partial charge in [0.1, 0.15) is 6.29 Å². The fraction of sp³-hybridized carbons (Fsp3) is 0.368. The van der Waals surface area contributed by atoms with E-state index in [0.717, 1.165) is 48.3 Å². The average molecular weight is 280 g/mol. The van der Waals surface area contributed by atoms with E-state index in [-0.39, 0.29) is 11.7 Å². The van der Waals surface area contributed by atoms with Gasteiger partial charge in [0.15, 0.2) is 5.78 Å². The second-order valence-electron chi connectivity index (χ2n) is 5.92. The largest absolute Gasteiger partial charge is 0.302 e. The second kappa shape index (κ2) is 6.21. The Morgan fingerprint density at radius 1 is 1.00 bits per heavy atom. The van der Waals surface area contributed by atoms with Crippen LogP contribution in [0.15, 0.2) is 42.5 Å². The highest BCUT2D eigenvalue weighted by molar-refractivity contribution is 6.04. The van der Waals surface area contributed by atoms with Gasteiger partial charge >= 0.3 is 0 Å². The smallest absolute Gasteiger partial charge is 0.150 e. The molecule has 1 fully saturated rings. The normalized spacial score (nSPS) is 17.5. The third-order valence-corrected chi connectivity index (χ3v) is 4.61. The highest BCUT2D eigenvalue weighted by Gasteiger charge is 2.29. The van der Waals surface area contributed by atoms with Crippen molar-refractivity contribution in [2.75, 3.05) is 0 Å². The van der Waals surface area contributed by atoms with Gasteiger partial charge < -0.3 is 4.79 Å². The van der Waals surface area contributed by atoms with Crippen LogP contribution < -0.4 is 0 Å². The topological polar surface area (TPSA) is 34.1 Å². The van der Waals surface area contributed by atoms with Gasteiger partial charge in [0.05, 0.1) is 5.92 Å². The number of aldehydes is 1. The van der Waals surface area contributed by atoms with Crippen LogP contribution >= 0.6 is 0 Å². The number of carbonyl (C=O) groups excluding carboxylic acids is 2. The van der Waals surface area contributed by atoms with E-state index in [2.05, 4.69) is 0 Å². The van der Waals surface area contributed by atoms with Crippen LogP contribution in [0, 0.1) is 5.92 Å². The molecule has 1 aliphatic carbocycles. The molecule has 0 radical (unpaired) electrons. The Labute approximate surface area is 125 Å². The molecule has 0 spiro atoms. The van der Waals surface area contributed by atoms with E-state index in [9.17, 15) is 9.59 Å². The molecule has 2 nitrogen and oxygen atoms in total. The summed E-state index contributed by atoms with van der Waals surface area (Å²) in [5, 5.41) is 2.10. The summed E-state index contributed by atoms with van der Waals surface area (Å²) in [7, 11) is 0. The Balaban J connectivity index is 1.98. The van der Waals surface area contributed by atoms with Crippen LogP contribution in [-0.4, -0.2) is 12.1 Å². The molecule has 0 saturated heterocycles. The highest BCUT2D eigenvalue weighted by atomic mass is 16.1. The van der Waals surface area contributed by atoms with E-state index in [1.165, 1.54) is 6.42 Å². The van der Waals surface area contributed by atoms with E-state index < -0.39 is 5.92 Å². The molecular weight excluding hydrogens is 260 g/mol. The van der Waals surface area contributed by atoms with E-state index in [0.29, 0.717) is 0 Å². The minimum absolute atomic E-state index is 0.0629. The molecule has 21 heavy (non-hydrogen) atoms. The van der Waals surface area contributed by atoms with Crippen LogP contribution in [0.25, 0.3) is 10.8 Å². The third kappa shape index (κ3) is 2.76. The minimum Gasteiger partial charge on any atom is -0.302 e. The first-order valence-corrected chi connectivity index (χ1v) is 7.78. The number of Topliss-reactive ketones (excluding diaryl/α,β-unsaturated/α-hetero) is 1. The fourth-order valence-electron chi connectivity index (χ4n) is 3.46. The molecule has 0 amide bonds. The molecule has 3 rings (SSSR count). The lowest BCUT2D eigenvalue weighted by Crippen LogP contribution is -2.25. The number of rotatable bonds is 4. The van der Waals surface area contributed by atoms with E-state index >= 15 is 0 Å². The maximum absolute atomic E-state index is 12.7. The molecule has 1 atom stereocenters. The fourth-order valence-corrected chi connectivity index (χ4v) is 3.46. The monoisotopic (exact) mass is 280 g/mol. The Kier molecular flexibility index (Phi) is 4.14. The Morgan fingerprint density at radius 2 is 1.71 bits per heavy atom. The molecule has 108 valence electrons. The average Bonchev–Trinajstić information content (AvgIpc) is 2.56. The zero-order chi connectivity index (χ0) is 14.7. The lowest BCUT2D eigenvalue weighted by molar-refractivity contribution is -0.128. The Morgan fingerprint density at radius 3 is 2.48 bits per heavy atom. The van der Waals surface area contributed by atoms with Gasteiger partial charge in [0, 0.05) is 5.92 Å². The van der Waals surface area contributed by atoms with E-state index in [1.807, 2.05) is 42.5 Å². The maximum Gasteiger partial charge on any atom is 0.150 e. The van der Waals surface area contributed by atoms with Crippen molar-refractivity contribution in [1.82, 2.24) is 0 Å². The van der Waals surface area contributed by atoms with Crippen LogP contribution in [0.2, 0.25) is 0 Å². The van der Waals surface area contributed by atoms with Crippen molar-refractivity contribution in [1.29, 1.82) is 0 Å². The summed E-state index contributed by atoms with van der Waals surface area (Å²) in [6, 6.07) is 13.8. The van der Waals surface area contributed by atoms with Gasteiger partial charge in [-0.1, -0.05) is 61.7 Å². The molecule has 2 heteroatoms. The summed E-state index contributed by atoms with van der Waals surface area (Å²) >= 11 is 0. The van der Waals surface area contributed by atoms with Crippen molar-refractivity contribution in [3.63, 3.8) is 0 Å². The quantitative estimate of drug-likeness (QED) is 0.619. The Bertz CT molecular complexity index is 648.